The van der Waals surface area contributed by atoms with Crippen LogP contribution in [0.25, 0.3) is 0 Å². The predicted octanol–water partition coefficient (Wildman–Crippen LogP) is 2.54. The van der Waals surface area contributed by atoms with Gasteiger partial charge in [0, 0.05) is 19.6 Å². The molecule has 2 rings (SSSR count). The van der Waals surface area contributed by atoms with Crippen LogP contribution in [0.3, 0.4) is 0 Å². The fourth-order valence-electron chi connectivity index (χ4n) is 2.34. The highest BCUT2D eigenvalue weighted by atomic mass is 19.1. The fraction of sp³-hybridized carbons (Fsp3) is 0.462. The van der Waals surface area contributed by atoms with Gasteiger partial charge in [0.2, 0.25) is 0 Å². The molecule has 0 saturated carbocycles. The highest BCUT2D eigenvalue weighted by molar-refractivity contribution is 5.38. The van der Waals surface area contributed by atoms with Crippen molar-refractivity contribution in [2.45, 2.75) is 20.4 Å². The molecule has 2 nitrogen and oxygen atoms in total. The zero-order valence-electron chi connectivity index (χ0n) is 9.63. The molecule has 0 radical (unpaired) electrons. The Labute approximate surface area is 95.3 Å². The minimum absolute atomic E-state index is 0.187. The van der Waals surface area contributed by atoms with Gasteiger partial charge in [-0.1, -0.05) is 26.0 Å². The molecule has 84 valence electrons. The quantitative estimate of drug-likeness (QED) is 0.762. The summed E-state index contributed by atoms with van der Waals surface area (Å²) in [5, 5.41) is 8.90. The molecule has 0 unspecified atom stereocenters. The second-order valence-corrected chi connectivity index (χ2v) is 5.20. The van der Waals surface area contributed by atoms with Gasteiger partial charge in [-0.15, -0.1) is 0 Å². The Hall–Kier alpha value is -1.40. The van der Waals surface area contributed by atoms with Crippen LogP contribution in [-0.2, 0) is 6.54 Å². The molecule has 0 atom stereocenters. The Kier molecular flexibility index (Phi) is 2.69. The number of rotatable bonds is 2. The lowest BCUT2D eigenvalue weighted by molar-refractivity contribution is 0.0241. The van der Waals surface area contributed by atoms with E-state index in [2.05, 4.69) is 18.7 Å². The molecule has 0 N–H and O–H groups in total. The van der Waals surface area contributed by atoms with Gasteiger partial charge in [-0.25, -0.2) is 4.39 Å². The summed E-state index contributed by atoms with van der Waals surface area (Å²) in [6, 6.07) is 6.76. The van der Waals surface area contributed by atoms with Crippen LogP contribution in [0, 0.1) is 22.6 Å². The maximum Gasteiger partial charge on any atom is 0.141 e. The zero-order chi connectivity index (χ0) is 11.8. The molecular formula is C13H15FN2. The van der Waals surface area contributed by atoms with E-state index in [1.165, 1.54) is 6.07 Å². The van der Waals surface area contributed by atoms with Crippen LogP contribution in [0.2, 0.25) is 0 Å². The fourth-order valence-corrected chi connectivity index (χ4v) is 2.34. The molecule has 1 aromatic carbocycles. The standard InChI is InChI=1S/C13H15FN2/c1-13(2)8-16(9-13)7-10-4-3-5-12(14)11(10)6-15/h3-5H,7-9H2,1-2H3. The van der Waals surface area contributed by atoms with Crippen LogP contribution in [0.1, 0.15) is 25.0 Å². The van der Waals surface area contributed by atoms with Gasteiger partial charge in [0.15, 0.2) is 0 Å². The molecule has 16 heavy (non-hydrogen) atoms. The number of hydrogen-bond donors (Lipinski definition) is 0. The number of halogens is 1. The average Bonchev–Trinajstić information content (AvgIpc) is 2.15. The predicted molar refractivity (Wildman–Crippen MR) is 60.2 cm³/mol. The minimum Gasteiger partial charge on any atom is -0.298 e. The lowest BCUT2D eigenvalue weighted by Gasteiger charge is -2.46. The normalized spacial score (nSPS) is 18.9. The molecule has 1 aromatic rings. The molecule has 1 fully saturated rings. The highest BCUT2D eigenvalue weighted by Crippen LogP contribution is 2.30. The number of nitrogens with zero attached hydrogens (tertiary/aromatic N) is 2. The van der Waals surface area contributed by atoms with Crippen LogP contribution in [0.5, 0.6) is 0 Å². The Bertz CT molecular complexity index is 438. The van der Waals surface area contributed by atoms with Crippen molar-refractivity contribution < 1.29 is 4.39 Å². The van der Waals surface area contributed by atoms with E-state index in [0.717, 1.165) is 18.7 Å². The van der Waals surface area contributed by atoms with Gasteiger partial charge in [-0.05, 0) is 17.0 Å². The third-order valence-corrected chi connectivity index (χ3v) is 2.91. The third kappa shape index (κ3) is 2.07. The summed E-state index contributed by atoms with van der Waals surface area (Å²) < 4.78 is 13.3. The maximum atomic E-state index is 13.3. The van der Waals surface area contributed by atoms with E-state index in [1.807, 2.05) is 12.1 Å². The van der Waals surface area contributed by atoms with E-state index >= 15 is 0 Å². The summed E-state index contributed by atoms with van der Waals surface area (Å²) in [7, 11) is 0. The Balaban J connectivity index is 2.12. The SMILES string of the molecule is CC1(C)CN(Cc2cccc(F)c2C#N)C1. The second kappa shape index (κ2) is 3.88. The van der Waals surface area contributed by atoms with Crippen LogP contribution < -0.4 is 0 Å². The summed E-state index contributed by atoms with van der Waals surface area (Å²) in [5.74, 6) is -0.417. The van der Waals surface area contributed by atoms with Gasteiger partial charge in [0.1, 0.15) is 11.9 Å². The largest absolute Gasteiger partial charge is 0.298 e. The summed E-state index contributed by atoms with van der Waals surface area (Å²) >= 11 is 0. The van der Waals surface area contributed by atoms with Crippen molar-refractivity contribution in [1.29, 1.82) is 5.26 Å². The molecule has 0 aliphatic carbocycles. The molecule has 0 amide bonds. The van der Waals surface area contributed by atoms with Crippen LogP contribution in [0.4, 0.5) is 4.39 Å². The summed E-state index contributed by atoms with van der Waals surface area (Å²) in [6.07, 6.45) is 0. The van der Waals surface area contributed by atoms with Crippen molar-refractivity contribution >= 4 is 0 Å². The topological polar surface area (TPSA) is 27.0 Å². The van der Waals surface area contributed by atoms with Crippen LogP contribution in [-0.4, -0.2) is 18.0 Å². The van der Waals surface area contributed by atoms with Crippen LogP contribution in [0.15, 0.2) is 18.2 Å². The monoisotopic (exact) mass is 218 g/mol. The number of hydrogen-bond acceptors (Lipinski definition) is 2. The molecule has 3 heteroatoms. The van der Waals surface area contributed by atoms with Gasteiger partial charge in [-0.3, -0.25) is 4.90 Å². The Morgan fingerprint density at radius 1 is 1.44 bits per heavy atom. The van der Waals surface area contributed by atoms with E-state index in [4.69, 9.17) is 5.26 Å². The van der Waals surface area contributed by atoms with Crippen LogP contribution >= 0.6 is 0 Å². The lowest BCUT2D eigenvalue weighted by Crippen LogP contribution is -2.52. The third-order valence-electron chi connectivity index (χ3n) is 2.91. The molecule has 1 saturated heterocycles. The maximum absolute atomic E-state index is 13.3. The van der Waals surface area contributed by atoms with E-state index < -0.39 is 5.82 Å². The molecule has 0 spiro atoms. The van der Waals surface area contributed by atoms with E-state index in [9.17, 15) is 4.39 Å². The van der Waals surface area contributed by atoms with Gasteiger partial charge < -0.3 is 0 Å². The first-order valence-corrected chi connectivity index (χ1v) is 5.42. The number of nitriles is 1. The van der Waals surface area contributed by atoms with Crippen molar-refractivity contribution in [3.8, 4) is 6.07 Å². The van der Waals surface area contributed by atoms with Crippen molar-refractivity contribution in [1.82, 2.24) is 4.90 Å². The average molecular weight is 218 g/mol. The molecule has 0 bridgehead atoms. The Morgan fingerprint density at radius 3 is 2.69 bits per heavy atom. The van der Waals surface area contributed by atoms with E-state index in [-0.39, 0.29) is 5.56 Å². The number of likely N-dealkylation sites (tertiary alicyclic amines) is 1. The minimum atomic E-state index is -0.417. The van der Waals surface area contributed by atoms with Gasteiger partial charge in [0.05, 0.1) is 5.56 Å². The van der Waals surface area contributed by atoms with Crippen molar-refractivity contribution in [3.63, 3.8) is 0 Å². The van der Waals surface area contributed by atoms with Gasteiger partial charge >= 0.3 is 0 Å². The lowest BCUT2D eigenvalue weighted by atomic mass is 9.84. The van der Waals surface area contributed by atoms with E-state index in [1.54, 1.807) is 6.07 Å². The zero-order valence-corrected chi connectivity index (χ0v) is 9.63. The molecule has 1 heterocycles. The molecule has 1 aliphatic rings. The number of benzene rings is 1. The highest BCUT2D eigenvalue weighted by Gasteiger charge is 2.34. The Morgan fingerprint density at radius 2 is 2.12 bits per heavy atom. The van der Waals surface area contributed by atoms with Crippen molar-refractivity contribution in [2.24, 2.45) is 5.41 Å². The summed E-state index contributed by atoms with van der Waals surface area (Å²) in [6.45, 7) is 7.10. The first kappa shape index (κ1) is 11.1. The van der Waals surface area contributed by atoms with Crippen molar-refractivity contribution in [3.05, 3.63) is 35.1 Å². The first-order valence-electron chi connectivity index (χ1n) is 5.42. The van der Waals surface area contributed by atoms with Gasteiger partial charge in [-0.2, -0.15) is 5.26 Å². The van der Waals surface area contributed by atoms with Gasteiger partial charge in [0.25, 0.3) is 0 Å². The smallest absolute Gasteiger partial charge is 0.141 e. The molecule has 1 aliphatic heterocycles. The van der Waals surface area contributed by atoms with E-state index in [0.29, 0.717) is 12.0 Å². The molecule has 0 aromatic heterocycles. The first-order chi connectivity index (χ1) is 7.52. The summed E-state index contributed by atoms with van der Waals surface area (Å²) in [4.78, 5) is 2.23. The summed E-state index contributed by atoms with van der Waals surface area (Å²) in [5.41, 5.74) is 1.34. The second-order valence-electron chi connectivity index (χ2n) is 5.20. The molecular weight excluding hydrogens is 203 g/mol. The van der Waals surface area contributed by atoms with Crippen molar-refractivity contribution in [2.75, 3.05) is 13.1 Å².